The topological polar surface area (TPSA) is 408 Å². The number of hydrogen-bond donors (Lipinski definition) is 0. The quantitative estimate of drug-likeness (QED) is 0.231. The van der Waals surface area contributed by atoms with Crippen LogP contribution in [0.3, 0.4) is 0 Å². The van der Waals surface area contributed by atoms with E-state index in [2.05, 4.69) is 46.7 Å². The van der Waals surface area contributed by atoms with Gasteiger partial charge in [0.1, 0.15) is 0 Å². The second-order valence-electron chi connectivity index (χ2n) is 0.217. The molecule has 0 heterocycles. The Hall–Kier alpha value is -3.72. The molecule has 46 heavy (non-hydrogen) atoms. The van der Waals surface area contributed by atoms with Gasteiger partial charge in [-0.2, -0.15) is 0 Å². The first kappa shape index (κ1) is 241. The van der Waals surface area contributed by atoms with Gasteiger partial charge in [-0.15, -0.1) is 0 Å². The van der Waals surface area contributed by atoms with Crippen molar-refractivity contribution in [1.82, 2.24) is 0 Å². The van der Waals surface area contributed by atoms with Crippen molar-refractivity contribution in [3.63, 3.8) is 0 Å². The first-order chi connectivity index (χ1) is 19.2. The molecule has 0 bridgehead atoms. The van der Waals surface area contributed by atoms with Crippen molar-refractivity contribution in [3.05, 3.63) is 98.6 Å². The molecule has 0 aliphatic heterocycles. The smallest absolute Gasteiger partial charge is 0.512 e. The van der Waals surface area contributed by atoms with E-state index < -0.39 is 0 Å². The molecule has 0 unspecified atom stereocenters. The van der Waals surface area contributed by atoms with Crippen LogP contribution in [0.5, 0.6) is 0 Å². The maximum absolute atomic E-state index is 8.57. The van der Waals surface area contributed by atoms with Crippen LogP contribution in [0.4, 0.5) is 0 Å². The minimum absolute atomic E-state index is 0. The minimum atomic E-state index is 0. The molecule has 0 fully saturated rings. The molecule has 0 aromatic rings. The van der Waals surface area contributed by atoms with E-state index in [-0.39, 0.29) is 119 Å². The number of carbonyl (C=O) groups excluding carboxylic acids is 3. The fourth-order valence-electron chi connectivity index (χ4n) is 0. The van der Waals surface area contributed by atoms with Gasteiger partial charge in [0.2, 0.25) is 0 Å². The van der Waals surface area contributed by atoms with E-state index in [0.29, 0.717) is 0 Å². The summed E-state index contributed by atoms with van der Waals surface area (Å²) in [4.78, 5) is 29.5. The maximum atomic E-state index is 8.57. The Morgan fingerprint density at radius 1 is 0.217 bits per heavy atom. The molecule has 18 nitrogen and oxygen atoms in total. The van der Waals surface area contributed by atoms with Gasteiger partial charge < -0.3 is 178 Å². The van der Waals surface area contributed by atoms with Gasteiger partial charge in [-0.3, -0.25) is 0 Å². The molecule has 0 atom stereocenters. The van der Waals surface area contributed by atoms with Crippen molar-refractivity contribution >= 4 is 14.4 Å². The molecule has 0 amide bonds. The van der Waals surface area contributed by atoms with Crippen LogP contribution >= 0.6 is 0 Å². The van der Waals surface area contributed by atoms with Gasteiger partial charge in [-0.1, -0.05) is 0 Å². The van der Waals surface area contributed by atoms with Gasteiger partial charge in [-0.05, 0) is 0 Å². The average Bonchev–Trinajstić information content (AvgIpc) is 3.12. The molecule has 0 spiro atoms. The SMILES string of the molecule is O=[C]=[Fe].O=[C]=[Fe].O=[C]=[Fe].[C-]#N.[C-]#N.[C-]#N.[C-]#N.[C-]#N.[C-]#N.[C-]#N.[C-]#N.[C-]#N.[C-]#N.[C-]#N.[C-]#N.[C-]#N.[C-]#N.[C-]#N.[Fe+3].[Fe+3].[Fe+3].[Fe+3].[Fe+3].[Fe+3].[Fe+3]. The zero-order chi connectivity index (χ0) is 38.1. The van der Waals surface area contributed by atoms with E-state index in [1.165, 1.54) is 14.4 Å². The molecule has 0 aliphatic carbocycles. The molecular formula is C18Fe10N15O3+6. The van der Waals surface area contributed by atoms with Crippen molar-refractivity contribution in [2.75, 3.05) is 0 Å². The van der Waals surface area contributed by atoms with Gasteiger partial charge in [0.15, 0.2) is 0 Å². The van der Waals surface area contributed by atoms with E-state index in [9.17, 15) is 0 Å². The predicted molar refractivity (Wildman–Crippen MR) is 91.6 cm³/mol. The van der Waals surface area contributed by atoms with Crippen LogP contribution < -0.4 is 0 Å². The number of hydrogen-bond acceptors (Lipinski definition) is 18. The Morgan fingerprint density at radius 2 is 0.217 bits per heavy atom. The fraction of sp³-hybridized carbons (Fsp3) is 0. The molecule has 239 valence electrons. The number of nitrogens with zero attached hydrogens (tertiary/aromatic N) is 15. The van der Waals surface area contributed by atoms with Gasteiger partial charge >= 0.3 is 195 Å². The molecular weight excluding hydrogens is 1030 g/mol. The molecule has 7 radical (unpaired) electrons. The van der Waals surface area contributed by atoms with Crippen molar-refractivity contribution in [2.24, 2.45) is 0 Å². The summed E-state index contributed by atoms with van der Waals surface area (Å²) in [6.45, 7) is 71.2. The van der Waals surface area contributed by atoms with Crippen LogP contribution in [0.1, 0.15) is 0 Å². The Kier molecular flexibility index (Phi) is 687000. The zero-order valence-corrected chi connectivity index (χ0v) is 31.5. The standard InChI is InChI=1S/15CN.3CO.10Fe/c18*1-2;;;;;;;;;;/q15*-1;;;;;;;7*+3. The second kappa shape index (κ2) is 131000. The third kappa shape index (κ3) is 4500. The zero-order valence-electron chi connectivity index (χ0n) is 20.5. The monoisotopic (exact) mass is 1030 g/mol. The fourth-order valence-corrected chi connectivity index (χ4v) is 0. The van der Waals surface area contributed by atoms with Crippen molar-refractivity contribution < 1.29 is 181 Å². The maximum Gasteiger partial charge on any atom is 3.00 e. The van der Waals surface area contributed by atoms with E-state index in [1.54, 1.807) is 0 Å². The van der Waals surface area contributed by atoms with Crippen molar-refractivity contribution in [3.8, 4) is 0 Å². The normalized spacial score (nSPS) is 1.24. The first-order valence-corrected chi connectivity index (χ1v) is 6.15. The molecule has 0 aliphatic rings. The Bertz CT molecular complexity index is 530. The summed E-state index contributed by atoms with van der Waals surface area (Å²) >= 11 is 8.04. The van der Waals surface area contributed by atoms with Crippen LogP contribution in [0.2, 0.25) is 0 Å². The Labute approximate surface area is 368 Å². The Morgan fingerprint density at radius 3 is 0.217 bits per heavy atom. The average molecular weight is 1030 g/mol. The van der Waals surface area contributed by atoms with Crippen molar-refractivity contribution in [2.45, 2.75) is 0 Å². The molecule has 0 saturated carbocycles. The summed E-state index contributed by atoms with van der Waals surface area (Å²) in [5.74, 6) is 0. The second-order valence-corrected chi connectivity index (χ2v) is 0.893. The first-order valence-electron chi connectivity index (χ1n) is 4.50. The third-order valence-corrected chi connectivity index (χ3v) is 0. The van der Waals surface area contributed by atoms with E-state index in [0.717, 1.165) is 0 Å². The molecule has 0 rings (SSSR count). The van der Waals surface area contributed by atoms with Crippen LogP contribution in [0, 0.1) is 178 Å². The molecule has 0 saturated heterocycles. The molecule has 0 aromatic carbocycles. The van der Waals surface area contributed by atoms with Crippen LogP contribution in [-0.4, -0.2) is 14.4 Å². The van der Waals surface area contributed by atoms with E-state index in [4.69, 9.17) is 192 Å². The summed E-state index contributed by atoms with van der Waals surface area (Å²) < 4.78 is 0. The molecule has 28 heteroatoms. The van der Waals surface area contributed by atoms with Crippen molar-refractivity contribution in [1.29, 1.82) is 78.9 Å². The van der Waals surface area contributed by atoms with Gasteiger partial charge in [0.05, 0.1) is 0 Å². The summed E-state index contributed by atoms with van der Waals surface area (Å²) in [6, 6.07) is 0. The summed E-state index contributed by atoms with van der Waals surface area (Å²) in [7, 11) is 0. The Balaban J connectivity index is -0.00000000439. The van der Waals surface area contributed by atoms with Gasteiger partial charge in [0, 0.05) is 0 Å². The van der Waals surface area contributed by atoms with Gasteiger partial charge in [0.25, 0.3) is 0 Å². The van der Waals surface area contributed by atoms with E-state index in [1.807, 2.05) is 0 Å². The van der Waals surface area contributed by atoms with Crippen LogP contribution in [0.15, 0.2) is 0 Å². The largest absolute Gasteiger partial charge is 3.00 e. The van der Waals surface area contributed by atoms with Crippen LogP contribution in [0.25, 0.3) is 0 Å². The summed E-state index contributed by atoms with van der Waals surface area (Å²) in [5, 5.41) is 93.8. The van der Waals surface area contributed by atoms with Gasteiger partial charge in [-0.25, -0.2) is 0 Å². The predicted octanol–water partition coefficient (Wildman–Crippen LogP) is 0.229. The third-order valence-electron chi connectivity index (χ3n) is 0. The molecule has 0 N–H and O–H groups in total. The van der Waals surface area contributed by atoms with E-state index >= 15 is 0 Å². The summed E-state index contributed by atoms with van der Waals surface area (Å²) in [6.07, 6.45) is 0. The number of rotatable bonds is 0. The minimum Gasteiger partial charge on any atom is -0.512 e. The molecule has 0 aromatic heterocycles. The van der Waals surface area contributed by atoms with Crippen LogP contribution in [-0.2, 0) is 181 Å². The summed E-state index contributed by atoms with van der Waals surface area (Å²) in [5.41, 5.74) is 0.